The number of halogens is 1. The van der Waals surface area contributed by atoms with E-state index in [-0.39, 0.29) is 29.6 Å². The van der Waals surface area contributed by atoms with E-state index < -0.39 is 0 Å². The summed E-state index contributed by atoms with van der Waals surface area (Å²) in [5.74, 6) is 0.104. The van der Waals surface area contributed by atoms with E-state index in [1.54, 1.807) is 6.07 Å². The number of piperidine rings is 1. The van der Waals surface area contributed by atoms with Gasteiger partial charge in [-0.1, -0.05) is 12.1 Å². The summed E-state index contributed by atoms with van der Waals surface area (Å²) in [7, 11) is 0. The quantitative estimate of drug-likeness (QED) is 0.875. The Kier molecular flexibility index (Phi) is 4.94. The lowest BCUT2D eigenvalue weighted by molar-refractivity contribution is -0.136. The second-order valence-electron chi connectivity index (χ2n) is 6.55. The van der Waals surface area contributed by atoms with Gasteiger partial charge in [-0.2, -0.15) is 0 Å². The topological polar surface area (TPSA) is 49.4 Å². The molecule has 1 atom stereocenters. The number of nitrogens with zero attached hydrogens (tertiary/aromatic N) is 1. The molecule has 1 saturated heterocycles. The summed E-state index contributed by atoms with van der Waals surface area (Å²) in [5.41, 5.74) is 0.856. The first kappa shape index (κ1) is 16.0. The van der Waals surface area contributed by atoms with Gasteiger partial charge in [0.05, 0.1) is 6.04 Å². The molecular formula is C18H23FN2O2. The summed E-state index contributed by atoms with van der Waals surface area (Å²) in [5, 5.41) is 2.97. The zero-order chi connectivity index (χ0) is 16.2. The fourth-order valence-corrected chi connectivity index (χ4v) is 3.15. The molecule has 1 aliphatic carbocycles. The van der Waals surface area contributed by atoms with E-state index in [0.717, 1.165) is 37.8 Å². The van der Waals surface area contributed by atoms with Crippen LogP contribution in [0.4, 0.5) is 4.39 Å². The molecular weight excluding hydrogens is 295 g/mol. The van der Waals surface area contributed by atoms with E-state index >= 15 is 0 Å². The summed E-state index contributed by atoms with van der Waals surface area (Å²) in [6.45, 7) is 1.16. The highest BCUT2D eigenvalue weighted by molar-refractivity contribution is 5.81. The minimum Gasteiger partial charge on any atom is -0.354 e. The van der Waals surface area contributed by atoms with Gasteiger partial charge < -0.3 is 10.2 Å². The molecule has 2 amide bonds. The molecule has 0 bridgehead atoms. The normalized spacial score (nSPS) is 19.5. The third-order valence-electron chi connectivity index (χ3n) is 4.62. The van der Waals surface area contributed by atoms with E-state index in [1.165, 1.54) is 12.1 Å². The maximum atomic E-state index is 13.4. The van der Waals surface area contributed by atoms with E-state index in [1.807, 2.05) is 11.0 Å². The fourth-order valence-electron chi connectivity index (χ4n) is 3.15. The van der Waals surface area contributed by atoms with Gasteiger partial charge >= 0.3 is 0 Å². The van der Waals surface area contributed by atoms with Gasteiger partial charge in [-0.15, -0.1) is 0 Å². The van der Waals surface area contributed by atoms with Crippen LogP contribution in [0.2, 0.25) is 0 Å². The minimum atomic E-state index is -0.270. The van der Waals surface area contributed by atoms with Crippen LogP contribution in [0.1, 0.15) is 37.7 Å². The van der Waals surface area contributed by atoms with Gasteiger partial charge in [-0.05, 0) is 49.8 Å². The first-order valence-electron chi connectivity index (χ1n) is 8.45. The molecule has 1 heterocycles. The van der Waals surface area contributed by atoms with Crippen molar-refractivity contribution >= 4 is 11.8 Å². The number of carbonyl (C=O) groups is 2. The molecule has 2 aliphatic rings. The van der Waals surface area contributed by atoms with Crippen molar-refractivity contribution in [3.8, 4) is 0 Å². The predicted octanol–water partition coefficient (Wildman–Crippen LogP) is 2.28. The molecule has 0 radical (unpaired) electrons. The van der Waals surface area contributed by atoms with E-state index in [9.17, 15) is 14.0 Å². The molecule has 0 spiro atoms. The lowest BCUT2D eigenvalue weighted by Crippen LogP contribution is -2.50. The largest absolute Gasteiger partial charge is 0.354 e. The zero-order valence-corrected chi connectivity index (χ0v) is 13.3. The monoisotopic (exact) mass is 318 g/mol. The van der Waals surface area contributed by atoms with Crippen molar-refractivity contribution < 1.29 is 14.0 Å². The average Bonchev–Trinajstić information content (AvgIpc) is 3.37. The van der Waals surface area contributed by atoms with Crippen molar-refractivity contribution in [3.05, 3.63) is 35.6 Å². The fraction of sp³-hybridized carbons (Fsp3) is 0.556. The van der Waals surface area contributed by atoms with Crippen LogP contribution in [0.25, 0.3) is 0 Å². The molecule has 0 unspecified atom stereocenters. The summed E-state index contributed by atoms with van der Waals surface area (Å²) in [6.07, 6.45) is 4.97. The second-order valence-corrected chi connectivity index (χ2v) is 6.55. The number of likely N-dealkylation sites (tertiary alicyclic amines) is 1. The molecule has 3 rings (SSSR count). The van der Waals surface area contributed by atoms with Crippen molar-refractivity contribution in [2.24, 2.45) is 5.92 Å². The molecule has 23 heavy (non-hydrogen) atoms. The van der Waals surface area contributed by atoms with Gasteiger partial charge in [0.15, 0.2) is 0 Å². The maximum absolute atomic E-state index is 13.4. The third-order valence-corrected chi connectivity index (χ3v) is 4.62. The Labute approximate surface area is 136 Å². The first-order chi connectivity index (χ1) is 11.1. The highest BCUT2D eigenvalue weighted by Crippen LogP contribution is 2.28. The number of carbonyl (C=O) groups excluding carboxylic acids is 2. The Morgan fingerprint density at radius 2 is 2.17 bits per heavy atom. The lowest BCUT2D eigenvalue weighted by atomic mass is 10.0. The summed E-state index contributed by atoms with van der Waals surface area (Å²) < 4.78 is 13.4. The van der Waals surface area contributed by atoms with E-state index in [0.29, 0.717) is 19.4 Å². The third kappa shape index (κ3) is 4.30. The number of rotatable bonds is 6. The van der Waals surface area contributed by atoms with Crippen LogP contribution >= 0.6 is 0 Å². The molecule has 0 aromatic heterocycles. The number of hydrogen-bond acceptors (Lipinski definition) is 2. The van der Waals surface area contributed by atoms with Gasteiger partial charge in [0.1, 0.15) is 5.82 Å². The molecule has 1 aromatic carbocycles. The van der Waals surface area contributed by atoms with Crippen molar-refractivity contribution in [2.75, 3.05) is 13.1 Å². The average molecular weight is 318 g/mol. The standard InChI is InChI=1S/C18H23FN2O2/c19-15-5-3-4-13(10-15)11-16(12-20-18(23)14-7-8-14)21-9-2-1-6-17(21)22/h3-5,10,14,16H,1-2,6-9,11-12H2,(H,20,23)/t16-/m0/s1. The van der Waals surface area contributed by atoms with Crippen LogP contribution in [-0.4, -0.2) is 35.8 Å². The lowest BCUT2D eigenvalue weighted by Gasteiger charge is -2.35. The Balaban J connectivity index is 1.68. The van der Waals surface area contributed by atoms with Crippen LogP contribution < -0.4 is 5.32 Å². The van der Waals surface area contributed by atoms with Gasteiger partial charge in [-0.25, -0.2) is 4.39 Å². The number of nitrogens with one attached hydrogen (secondary N) is 1. The van der Waals surface area contributed by atoms with Crippen molar-refractivity contribution in [2.45, 2.75) is 44.6 Å². The Morgan fingerprint density at radius 3 is 2.87 bits per heavy atom. The zero-order valence-electron chi connectivity index (χ0n) is 13.3. The summed E-state index contributed by atoms with van der Waals surface area (Å²) in [6, 6.07) is 6.37. The van der Waals surface area contributed by atoms with Gasteiger partial charge in [0, 0.05) is 25.4 Å². The molecule has 4 nitrogen and oxygen atoms in total. The van der Waals surface area contributed by atoms with Gasteiger partial charge in [0.25, 0.3) is 0 Å². The SMILES string of the molecule is O=C(NC[C@H](Cc1cccc(F)c1)N1CCCCC1=O)C1CC1. The molecule has 1 N–H and O–H groups in total. The summed E-state index contributed by atoms with van der Waals surface area (Å²) >= 11 is 0. The number of hydrogen-bond donors (Lipinski definition) is 1. The van der Waals surface area contributed by atoms with Crippen LogP contribution in [0, 0.1) is 11.7 Å². The van der Waals surface area contributed by atoms with Crippen LogP contribution in [0.5, 0.6) is 0 Å². The molecule has 124 valence electrons. The Bertz CT molecular complexity index is 586. The highest BCUT2D eigenvalue weighted by Gasteiger charge is 2.31. The van der Waals surface area contributed by atoms with Gasteiger partial charge in [0.2, 0.25) is 11.8 Å². The molecule has 5 heteroatoms. The smallest absolute Gasteiger partial charge is 0.223 e. The van der Waals surface area contributed by atoms with Crippen LogP contribution in [0.15, 0.2) is 24.3 Å². The van der Waals surface area contributed by atoms with E-state index in [4.69, 9.17) is 0 Å². The van der Waals surface area contributed by atoms with Crippen molar-refractivity contribution in [1.29, 1.82) is 0 Å². The Hall–Kier alpha value is -1.91. The predicted molar refractivity (Wildman–Crippen MR) is 85.2 cm³/mol. The summed E-state index contributed by atoms with van der Waals surface area (Å²) in [4.78, 5) is 26.0. The van der Waals surface area contributed by atoms with Crippen LogP contribution in [-0.2, 0) is 16.0 Å². The molecule has 1 aromatic rings. The van der Waals surface area contributed by atoms with Crippen molar-refractivity contribution in [1.82, 2.24) is 10.2 Å². The number of amides is 2. The van der Waals surface area contributed by atoms with Gasteiger partial charge in [-0.3, -0.25) is 9.59 Å². The van der Waals surface area contributed by atoms with E-state index in [2.05, 4.69) is 5.32 Å². The highest BCUT2D eigenvalue weighted by atomic mass is 19.1. The molecule has 1 aliphatic heterocycles. The second kappa shape index (κ2) is 7.11. The first-order valence-corrected chi connectivity index (χ1v) is 8.45. The molecule has 1 saturated carbocycles. The molecule has 2 fully saturated rings. The number of benzene rings is 1. The minimum absolute atomic E-state index is 0.0821. The van der Waals surface area contributed by atoms with Crippen LogP contribution in [0.3, 0.4) is 0 Å². The Morgan fingerprint density at radius 1 is 1.35 bits per heavy atom. The van der Waals surface area contributed by atoms with Crippen molar-refractivity contribution in [3.63, 3.8) is 0 Å². The maximum Gasteiger partial charge on any atom is 0.223 e.